The molecule has 3 heterocycles. The third-order valence-electron chi connectivity index (χ3n) is 8.70. The van der Waals surface area contributed by atoms with Crippen molar-refractivity contribution >= 4 is 21.8 Å². The molecule has 0 radical (unpaired) electrons. The number of hydrogen-bond donors (Lipinski definition) is 0. The quantitative estimate of drug-likeness (QED) is 0.102. The molecule has 0 fully saturated rings. The molecule has 0 N–H and O–H groups in total. The van der Waals surface area contributed by atoms with E-state index in [1.54, 1.807) is 0 Å². The van der Waals surface area contributed by atoms with Crippen LogP contribution in [0, 0.1) is 37.7 Å². The van der Waals surface area contributed by atoms with E-state index in [1.165, 1.54) is 36.7 Å². The van der Waals surface area contributed by atoms with Crippen molar-refractivity contribution in [2.75, 3.05) is 0 Å². The van der Waals surface area contributed by atoms with Crippen LogP contribution >= 0.6 is 0 Å². The normalized spacial score (nSPS) is 11.4. The van der Waals surface area contributed by atoms with E-state index in [2.05, 4.69) is 74.3 Å². The average molecular weight is 816 g/mol. The van der Waals surface area contributed by atoms with E-state index >= 15 is 0 Å². The van der Waals surface area contributed by atoms with E-state index in [4.69, 9.17) is 9.84 Å². The zero-order valence-electron chi connectivity index (χ0n) is 27.5. The van der Waals surface area contributed by atoms with Crippen LogP contribution in [0.15, 0.2) is 97.2 Å². The van der Waals surface area contributed by atoms with Gasteiger partial charge in [0.2, 0.25) is 0 Å². The molecule has 0 aliphatic carbocycles. The molecule has 5 nitrogen and oxygen atoms in total. The number of rotatable bonds is 10. The van der Waals surface area contributed by atoms with Gasteiger partial charge in [-0.1, -0.05) is 74.7 Å². The van der Waals surface area contributed by atoms with Crippen molar-refractivity contribution < 1.29 is 30.2 Å². The zero-order valence-corrected chi connectivity index (χ0v) is 29.8. The Bertz CT molecular complexity index is 2200. The number of hydrogen-bond acceptors (Lipinski definition) is 3. The topological polar surface area (TPSA) is 44.9 Å². The molecule has 3 aromatic heterocycles. The maximum absolute atomic E-state index is 14.4. The predicted octanol–water partition coefficient (Wildman–Crippen LogP) is 10.5. The number of benzene rings is 4. The monoisotopic (exact) mass is 815 g/mol. The Morgan fingerprint density at radius 3 is 2.44 bits per heavy atom. The van der Waals surface area contributed by atoms with Crippen LogP contribution in [0.4, 0.5) is 4.39 Å². The van der Waals surface area contributed by atoms with Crippen molar-refractivity contribution in [3.63, 3.8) is 0 Å². The molecule has 0 aliphatic heterocycles. The van der Waals surface area contributed by atoms with Crippen LogP contribution in [0.2, 0.25) is 0 Å². The summed E-state index contributed by atoms with van der Waals surface area (Å²) in [7, 11) is 0. The minimum absolute atomic E-state index is 0. The summed E-state index contributed by atoms with van der Waals surface area (Å²) in [5.41, 5.74) is 8.02. The van der Waals surface area contributed by atoms with Gasteiger partial charge >= 0.3 is 21.1 Å². The molecule has 0 aliphatic rings. The fraction of sp³-hybridized carbons (Fsp3) is 0.220. The molecule has 0 atom stereocenters. The summed E-state index contributed by atoms with van der Waals surface area (Å²) in [6.45, 7) is 8.64. The molecule has 7 rings (SSSR count). The Morgan fingerprint density at radius 1 is 0.833 bits per heavy atom. The van der Waals surface area contributed by atoms with Gasteiger partial charge in [-0.25, -0.2) is 9.37 Å². The van der Waals surface area contributed by atoms with Gasteiger partial charge in [0, 0.05) is 40.5 Å². The SMILES string of the molecule is Cc1nn(-c2[c-]c(Oc3[c-]c4c(cc3)c3cc(CCCCC(C)C)ccc3n4-c3cc(F)ccn3)ccc2)c(C)c1-c1ccccc1.[Pt+2]. The number of fused-ring (bicyclic) bond motifs is 3. The Labute approximate surface area is 295 Å². The van der Waals surface area contributed by atoms with Gasteiger partial charge in [-0.2, -0.15) is 17.2 Å². The second kappa shape index (κ2) is 14.3. The number of pyridine rings is 1. The molecule has 0 unspecified atom stereocenters. The van der Waals surface area contributed by atoms with Crippen molar-refractivity contribution in [3.05, 3.63) is 132 Å². The van der Waals surface area contributed by atoms with Crippen LogP contribution in [0.1, 0.15) is 50.1 Å². The van der Waals surface area contributed by atoms with Gasteiger partial charge in [-0.3, -0.25) is 4.68 Å². The number of halogens is 1. The first-order chi connectivity index (χ1) is 22.9. The third kappa shape index (κ3) is 6.72. The van der Waals surface area contributed by atoms with Crippen LogP contribution in [0.25, 0.3) is 44.4 Å². The molecule has 7 aromatic rings. The Balaban J connectivity index is 0.00000401. The van der Waals surface area contributed by atoms with Gasteiger partial charge in [0.1, 0.15) is 11.6 Å². The van der Waals surface area contributed by atoms with E-state index in [9.17, 15) is 4.39 Å². The maximum Gasteiger partial charge on any atom is 2.00 e. The molecular formula is C41H37FN4OPt. The van der Waals surface area contributed by atoms with Gasteiger partial charge in [-0.15, -0.1) is 35.7 Å². The van der Waals surface area contributed by atoms with Crippen LogP contribution in [-0.4, -0.2) is 19.3 Å². The fourth-order valence-electron chi connectivity index (χ4n) is 6.46. The Hall–Kier alpha value is -4.54. The van der Waals surface area contributed by atoms with E-state index in [0.717, 1.165) is 62.8 Å². The molecule has 7 heteroatoms. The summed E-state index contributed by atoms with van der Waals surface area (Å²) in [6, 6.07) is 36.3. The zero-order chi connectivity index (χ0) is 32.5. The van der Waals surface area contributed by atoms with E-state index in [1.807, 2.05) is 58.6 Å². The molecule has 0 saturated carbocycles. The minimum atomic E-state index is -0.342. The smallest absolute Gasteiger partial charge is 0.509 e. The first-order valence-corrected chi connectivity index (χ1v) is 16.3. The van der Waals surface area contributed by atoms with Crippen LogP contribution < -0.4 is 4.74 Å². The maximum atomic E-state index is 14.4. The van der Waals surface area contributed by atoms with Gasteiger partial charge in [0.15, 0.2) is 0 Å². The second-order valence-electron chi connectivity index (χ2n) is 12.6. The molecule has 0 amide bonds. The number of ether oxygens (including phenoxy) is 1. The second-order valence-corrected chi connectivity index (χ2v) is 12.6. The number of aryl methyl sites for hydroxylation is 2. The van der Waals surface area contributed by atoms with Gasteiger partial charge in [0.25, 0.3) is 0 Å². The van der Waals surface area contributed by atoms with Crippen molar-refractivity contribution in [3.8, 4) is 34.1 Å². The molecule has 48 heavy (non-hydrogen) atoms. The van der Waals surface area contributed by atoms with Gasteiger partial charge in [0.05, 0.1) is 5.69 Å². The van der Waals surface area contributed by atoms with Crippen LogP contribution in [0.3, 0.4) is 0 Å². The summed E-state index contributed by atoms with van der Waals surface area (Å²) >= 11 is 0. The summed E-state index contributed by atoms with van der Waals surface area (Å²) < 4.78 is 24.7. The van der Waals surface area contributed by atoms with E-state index in [0.29, 0.717) is 23.2 Å². The van der Waals surface area contributed by atoms with E-state index in [-0.39, 0.29) is 26.9 Å². The molecule has 4 aromatic carbocycles. The molecular weight excluding hydrogens is 779 g/mol. The molecule has 0 spiro atoms. The summed E-state index contributed by atoms with van der Waals surface area (Å²) in [5, 5.41) is 6.94. The van der Waals surface area contributed by atoms with Crippen molar-refractivity contribution in [2.45, 2.75) is 53.4 Å². The summed E-state index contributed by atoms with van der Waals surface area (Å²) in [5.74, 6) is 1.94. The van der Waals surface area contributed by atoms with Crippen LogP contribution in [0.5, 0.6) is 11.5 Å². The van der Waals surface area contributed by atoms with Gasteiger partial charge in [-0.05, 0) is 66.9 Å². The Kier molecular flexibility index (Phi) is 9.93. The summed E-state index contributed by atoms with van der Waals surface area (Å²) in [4.78, 5) is 4.53. The van der Waals surface area contributed by atoms with Gasteiger partial charge < -0.3 is 9.30 Å². The number of nitrogens with zero attached hydrogens (tertiary/aromatic N) is 4. The molecule has 0 saturated heterocycles. The van der Waals surface area contributed by atoms with E-state index < -0.39 is 0 Å². The predicted molar refractivity (Wildman–Crippen MR) is 187 cm³/mol. The summed E-state index contributed by atoms with van der Waals surface area (Å²) in [6.07, 6.45) is 6.12. The minimum Gasteiger partial charge on any atom is -0.509 e. The van der Waals surface area contributed by atoms with Crippen molar-refractivity contribution in [1.82, 2.24) is 19.3 Å². The average Bonchev–Trinajstić information content (AvgIpc) is 3.55. The fourth-order valence-corrected chi connectivity index (χ4v) is 6.46. The third-order valence-corrected chi connectivity index (χ3v) is 8.70. The molecule has 244 valence electrons. The molecule has 0 bridgehead atoms. The van der Waals surface area contributed by atoms with Crippen LogP contribution in [-0.2, 0) is 27.5 Å². The standard InChI is InChI=1S/C41H37FN4O.Pt/c1-27(2)11-8-9-12-30-17-20-38-37(23-30)36-19-18-35(26-39(36)45(38)40-24-32(42)21-22-43-40)47-34-16-10-15-33(25-34)46-29(4)41(28(3)44-46)31-13-6-5-7-14-31;/h5-7,10,13-24,27H,8-9,11-12H2,1-4H3;/q-2;+2. The number of unbranched alkanes of at least 4 members (excludes halogenated alkanes) is 1. The first-order valence-electron chi connectivity index (χ1n) is 16.3. The van der Waals surface area contributed by atoms with Crippen molar-refractivity contribution in [2.24, 2.45) is 5.92 Å². The largest absolute Gasteiger partial charge is 2.00 e. The first kappa shape index (κ1) is 33.4. The number of aromatic nitrogens is 4. The Morgan fingerprint density at radius 2 is 1.65 bits per heavy atom. The van der Waals surface area contributed by atoms with Crippen molar-refractivity contribution in [1.29, 1.82) is 0 Å².